The van der Waals surface area contributed by atoms with Crippen molar-refractivity contribution < 1.29 is 22.7 Å². The first-order valence-corrected chi connectivity index (χ1v) is 7.16. The molecule has 1 aromatic rings. The van der Waals surface area contributed by atoms with Crippen LogP contribution in [0.5, 0.6) is 0 Å². The molecule has 0 aliphatic rings. The van der Waals surface area contributed by atoms with Gasteiger partial charge in [0.25, 0.3) is 10.0 Å². The van der Waals surface area contributed by atoms with E-state index in [4.69, 9.17) is 4.74 Å². The molecular weight excluding hydrogens is 288 g/mol. The highest BCUT2D eigenvalue weighted by Crippen LogP contribution is 2.17. The first kappa shape index (κ1) is 16.1. The molecule has 1 rings (SSSR count). The molecule has 0 saturated heterocycles. The van der Waals surface area contributed by atoms with Gasteiger partial charge in [0.15, 0.2) is 5.03 Å². The lowest BCUT2D eigenvalue weighted by Gasteiger charge is -2.15. The van der Waals surface area contributed by atoms with Crippen LogP contribution in [0.2, 0.25) is 0 Å². The standard InChI is InChI=1S/C10H16N4O5S/c1-4-19-10(16)7-5-12-13-9(7)20(17,18)14(3)6-8(15)11-2/h5H,4,6H2,1-3H3,(H,11,15)(H,12,13). The summed E-state index contributed by atoms with van der Waals surface area (Å²) in [6.45, 7) is 1.33. The topological polar surface area (TPSA) is 121 Å². The first-order valence-electron chi connectivity index (χ1n) is 5.72. The molecule has 0 unspecified atom stereocenters. The normalized spacial score (nSPS) is 11.4. The first-order chi connectivity index (χ1) is 9.34. The SMILES string of the molecule is CCOC(=O)c1cn[nH]c1S(=O)(=O)N(C)CC(=O)NC. The Morgan fingerprint density at radius 2 is 2.15 bits per heavy atom. The van der Waals surface area contributed by atoms with Gasteiger partial charge in [0.1, 0.15) is 5.56 Å². The van der Waals surface area contributed by atoms with E-state index in [9.17, 15) is 18.0 Å². The number of sulfonamides is 1. The molecule has 2 N–H and O–H groups in total. The van der Waals surface area contributed by atoms with Gasteiger partial charge in [-0.1, -0.05) is 0 Å². The van der Waals surface area contributed by atoms with Crippen LogP contribution in [0.25, 0.3) is 0 Å². The Bertz CT molecular complexity index is 595. The Labute approximate surface area is 116 Å². The van der Waals surface area contributed by atoms with Gasteiger partial charge >= 0.3 is 5.97 Å². The van der Waals surface area contributed by atoms with E-state index < -0.39 is 26.9 Å². The van der Waals surface area contributed by atoms with Crippen LogP contribution in [-0.2, 0) is 19.6 Å². The van der Waals surface area contributed by atoms with Crippen LogP contribution in [0, 0.1) is 0 Å². The van der Waals surface area contributed by atoms with Crippen LogP contribution >= 0.6 is 0 Å². The van der Waals surface area contributed by atoms with Gasteiger partial charge in [-0.05, 0) is 6.92 Å². The summed E-state index contributed by atoms with van der Waals surface area (Å²) < 4.78 is 30.0. The summed E-state index contributed by atoms with van der Waals surface area (Å²) in [6.07, 6.45) is 1.07. The predicted molar refractivity (Wildman–Crippen MR) is 68.4 cm³/mol. The number of hydrogen-bond acceptors (Lipinski definition) is 6. The van der Waals surface area contributed by atoms with Gasteiger partial charge in [-0.2, -0.15) is 9.40 Å². The Hall–Kier alpha value is -1.94. The van der Waals surface area contributed by atoms with Crippen molar-refractivity contribution in [3.63, 3.8) is 0 Å². The minimum Gasteiger partial charge on any atom is -0.462 e. The number of aromatic nitrogens is 2. The maximum atomic E-state index is 12.2. The molecule has 0 bridgehead atoms. The third kappa shape index (κ3) is 3.33. The van der Waals surface area contributed by atoms with E-state index in [1.165, 1.54) is 14.1 Å². The van der Waals surface area contributed by atoms with Crippen molar-refractivity contribution >= 4 is 21.9 Å². The molecule has 1 amide bonds. The molecule has 1 heterocycles. The smallest absolute Gasteiger partial charge is 0.342 e. The van der Waals surface area contributed by atoms with Gasteiger partial charge in [0.05, 0.1) is 19.3 Å². The summed E-state index contributed by atoms with van der Waals surface area (Å²) in [5.41, 5.74) is -0.199. The molecule has 0 saturated carbocycles. The molecular formula is C10H16N4O5S. The van der Waals surface area contributed by atoms with E-state index in [-0.39, 0.29) is 18.7 Å². The summed E-state index contributed by atoms with van der Waals surface area (Å²) in [5.74, 6) is -1.28. The quantitative estimate of drug-likeness (QED) is 0.647. The molecule has 20 heavy (non-hydrogen) atoms. The van der Waals surface area contributed by atoms with Crippen molar-refractivity contribution in [2.24, 2.45) is 0 Å². The minimum absolute atomic E-state index is 0.109. The Balaban J connectivity index is 3.07. The molecule has 0 spiro atoms. The lowest BCUT2D eigenvalue weighted by molar-refractivity contribution is -0.120. The van der Waals surface area contributed by atoms with Gasteiger partial charge in [-0.3, -0.25) is 9.89 Å². The molecule has 9 nitrogen and oxygen atoms in total. The van der Waals surface area contributed by atoms with Crippen LogP contribution < -0.4 is 5.32 Å². The maximum Gasteiger partial charge on any atom is 0.342 e. The molecule has 0 atom stereocenters. The second-order valence-corrected chi connectivity index (χ2v) is 5.75. The molecule has 112 valence electrons. The molecule has 0 radical (unpaired) electrons. The Kier molecular flexibility index (Phi) is 5.22. The summed E-state index contributed by atoms with van der Waals surface area (Å²) in [6, 6.07) is 0. The highest BCUT2D eigenvalue weighted by Gasteiger charge is 2.30. The number of hydrogen-bond donors (Lipinski definition) is 2. The number of likely N-dealkylation sites (N-methyl/N-ethyl adjacent to an activating group) is 2. The number of carbonyl (C=O) groups excluding carboxylic acids is 2. The summed E-state index contributed by atoms with van der Waals surface area (Å²) >= 11 is 0. The van der Waals surface area contributed by atoms with Crippen molar-refractivity contribution in [1.82, 2.24) is 19.8 Å². The second kappa shape index (κ2) is 6.48. The van der Waals surface area contributed by atoms with Crippen LogP contribution in [0.4, 0.5) is 0 Å². The zero-order valence-corrected chi connectivity index (χ0v) is 12.2. The van der Waals surface area contributed by atoms with E-state index >= 15 is 0 Å². The number of carbonyl (C=O) groups is 2. The molecule has 0 aromatic carbocycles. The van der Waals surface area contributed by atoms with Crippen molar-refractivity contribution in [2.75, 3.05) is 27.2 Å². The molecule has 0 aliphatic heterocycles. The maximum absolute atomic E-state index is 12.2. The predicted octanol–water partition coefficient (Wildman–Crippen LogP) is -1.05. The zero-order valence-electron chi connectivity index (χ0n) is 11.3. The van der Waals surface area contributed by atoms with Crippen LogP contribution in [0.3, 0.4) is 0 Å². The highest BCUT2D eigenvalue weighted by atomic mass is 32.2. The van der Waals surface area contributed by atoms with Gasteiger partial charge in [0, 0.05) is 14.1 Å². The molecule has 10 heteroatoms. The molecule has 0 fully saturated rings. The van der Waals surface area contributed by atoms with E-state index in [1.807, 2.05) is 0 Å². The molecule has 0 aliphatic carbocycles. The van der Waals surface area contributed by atoms with Crippen molar-refractivity contribution in [1.29, 1.82) is 0 Å². The fourth-order valence-corrected chi connectivity index (χ4v) is 2.53. The number of H-pyrrole nitrogens is 1. The number of aromatic amines is 1. The van der Waals surface area contributed by atoms with Crippen LogP contribution in [-0.4, -0.2) is 62.0 Å². The number of rotatable bonds is 6. The number of ether oxygens (including phenoxy) is 1. The van der Waals surface area contributed by atoms with Gasteiger partial charge in [-0.15, -0.1) is 0 Å². The van der Waals surface area contributed by atoms with Crippen molar-refractivity contribution in [2.45, 2.75) is 11.9 Å². The van der Waals surface area contributed by atoms with Gasteiger partial charge in [0.2, 0.25) is 5.91 Å². The average Bonchev–Trinajstić information content (AvgIpc) is 2.88. The number of nitrogens with one attached hydrogen (secondary N) is 2. The lowest BCUT2D eigenvalue weighted by Crippen LogP contribution is -2.37. The second-order valence-electron chi connectivity index (χ2n) is 3.77. The lowest BCUT2D eigenvalue weighted by atomic mass is 10.4. The van der Waals surface area contributed by atoms with E-state index in [0.717, 1.165) is 10.5 Å². The van der Waals surface area contributed by atoms with E-state index in [1.54, 1.807) is 6.92 Å². The number of amides is 1. The number of esters is 1. The summed E-state index contributed by atoms with van der Waals surface area (Å²) in [7, 11) is -1.43. The Morgan fingerprint density at radius 3 is 2.70 bits per heavy atom. The monoisotopic (exact) mass is 304 g/mol. The summed E-state index contributed by atoms with van der Waals surface area (Å²) in [5, 5.41) is 7.69. The van der Waals surface area contributed by atoms with E-state index in [0.29, 0.717) is 0 Å². The minimum atomic E-state index is -4.04. The van der Waals surface area contributed by atoms with Gasteiger partial charge < -0.3 is 10.1 Å². The fourth-order valence-electron chi connectivity index (χ4n) is 1.35. The fraction of sp³-hybridized carbons (Fsp3) is 0.500. The molecule has 1 aromatic heterocycles. The summed E-state index contributed by atoms with van der Waals surface area (Å²) in [4.78, 5) is 22.9. The van der Waals surface area contributed by atoms with Crippen LogP contribution in [0.15, 0.2) is 11.2 Å². The van der Waals surface area contributed by atoms with Crippen LogP contribution in [0.1, 0.15) is 17.3 Å². The third-order valence-corrected chi connectivity index (χ3v) is 4.19. The third-order valence-electron chi connectivity index (χ3n) is 2.41. The zero-order chi connectivity index (χ0) is 15.3. The number of nitrogens with zero attached hydrogens (tertiary/aromatic N) is 2. The van der Waals surface area contributed by atoms with Crippen molar-refractivity contribution in [3.05, 3.63) is 11.8 Å². The van der Waals surface area contributed by atoms with Gasteiger partial charge in [-0.25, -0.2) is 13.2 Å². The average molecular weight is 304 g/mol. The largest absolute Gasteiger partial charge is 0.462 e. The van der Waals surface area contributed by atoms with Crippen molar-refractivity contribution in [3.8, 4) is 0 Å². The Morgan fingerprint density at radius 1 is 1.50 bits per heavy atom. The highest BCUT2D eigenvalue weighted by molar-refractivity contribution is 7.89. The van der Waals surface area contributed by atoms with E-state index in [2.05, 4.69) is 15.5 Å².